The van der Waals surface area contributed by atoms with Crippen molar-refractivity contribution in [3.05, 3.63) is 0 Å². The monoisotopic (exact) mass is 197 g/mol. The normalized spacial score (nSPS) is 32.6. The minimum absolute atomic E-state index is 0.453. The summed E-state index contributed by atoms with van der Waals surface area (Å²) in [5.41, 5.74) is 6.32. The van der Waals surface area contributed by atoms with Crippen molar-refractivity contribution in [2.75, 3.05) is 0 Å². The summed E-state index contributed by atoms with van der Waals surface area (Å²) in [7, 11) is 0. The van der Waals surface area contributed by atoms with Crippen LogP contribution in [0.5, 0.6) is 0 Å². The maximum absolute atomic E-state index is 6.32. The van der Waals surface area contributed by atoms with Gasteiger partial charge in [-0.1, -0.05) is 46.5 Å². The zero-order chi connectivity index (χ0) is 10.6. The van der Waals surface area contributed by atoms with Gasteiger partial charge in [0.1, 0.15) is 0 Å². The van der Waals surface area contributed by atoms with Crippen molar-refractivity contribution >= 4 is 0 Å². The van der Waals surface area contributed by atoms with Crippen LogP contribution in [0.1, 0.15) is 59.3 Å². The first-order valence-electron chi connectivity index (χ1n) is 6.44. The smallest absolute Gasteiger partial charge is 0.00929 e. The first-order chi connectivity index (χ1) is 6.69. The highest BCUT2D eigenvalue weighted by atomic mass is 14.7. The molecule has 1 nitrogen and oxygen atoms in total. The highest BCUT2D eigenvalue weighted by Gasteiger charge is 2.27. The van der Waals surface area contributed by atoms with Gasteiger partial charge in [-0.3, -0.25) is 0 Å². The zero-order valence-corrected chi connectivity index (χ0v) is 10.1. The maximum Gasteiger partial charge on any atom is 0.00929 e. The van der Waals surface area contributed by atoms with Crippen molar-refractivity contribution in [1.82, 2.24) is 0 Å². The van der Waals surface area contributed by atoms with Crippen LogP contribution in [0.4, 0.5) is 0 Å². The second-order valence-electron chi connectivity index (χ2n) is 5.16. The Kier molecular flexibility index (Phi) is 4.94. The van der Waals surface area contributed by atoms with Crippen LogP contribution in [0.15, 0.2) is 0 Å². The molecule has 0 aromatic heterocycles. The molecule has 0 aromatic carbocycles. The van der Waals surface area contributed by atoms with E-state index in [9.17, 15) is 0 Å². The van der Waals surface area contributed by atoms with E-state index in [1.807, 2.05) is 0 Å². The molecule has 84 valence electrons. The summed E-state index contributed by atoms with van der Waals surface area (Å²) in [6.07, 6.45) is 8.20. The molecule has 14 heavy (non-hydrogen) atoms. The summed E-state index contributed by atoms with van der Waals surface area (Å²) >= 11 is 0. The van der Waals surface area contributed by atoms with Crippen LogP contribution in [0, 0.1) is 17.8 Å². The summed E-state index contributed by atoms with van der Waals surface area (Å²) in [6.45, 7) is 6.88. The number of nitrogens with two attached hydrogens (primary N) is 1. The van der Waals surface area contributed by atoms with E-state index in [2.05, 4.69) is 20.8 Å². The molecule has 2 N–H and O–H groups in total. The minimum atomic E-state index is 0.453. The lowest BCUT2D eigenvalue weighted by Crippen LogP contribution is -2.38. The van der Waals surface area contributed by atoms with Crippen molar-refractivity contribution in [2.45, 2.75) is 65.3 Å². The Morgan fingerprint density at radius 2 is 2.00 bits per heavy atom. The summed E-state index contributed by atoms with van der Waals surface area (Å²) in [5, 5.41) is 0. The average Bonchev–Trinajstić information content (AvgIpc) is 2.27. The standard InChI is InChI=1S/C13H27N/c1-4-10(3)13(14)12-8-6-7-11(5-2)9-12/h10-13H,4-9,14H2,1-3H3. The topological polar surface area (TPSA) is 26.0 Å². The molecule has 4 atom stereocenters. The molecule has 0 spiro atoms. The molecule has 0 aromatic rings. The molecule has 1 aliphatic rings. The minimum Gasteiger partial charge on any atom is -0.327 e. The third-order valence-electron chi connectivity index (χ3n) is 4.25. The quantitative estimate of drug-likeness (QED) is 0.732. The van der Waals surface area contributed by atoms with Crippen LogP contribution in [0.2, 0.25) is 0 Å². The van der Waals surface area contributed by atoms with Crippen molar-refractivity contribution in [2.24, 2.45) is 23.5 Å². The Morgan fingerprint density at radius 3 is 2.57 bits per heavy atom. The van der Waals surface area contributed by atoms with Crippen molar-refractivity contribution in [3.63, 3.8) is 0 Å². The molecule has 1 rings (SSSR count). The highest BCUT2D eigenvalue weighted by molar-refractivity contribution is 4.82. The highest BCUT2D eigenvalue weighted by Crippen LogP contribution is 2.34. The van der Waals surface area contributed by atoms with Crippen LogP contribution in [-0.4, -0.2) is 6.04 Å². The van der Waals surface area contributed by atoms with Gasteiger partial charge in [0, 0.05) is 6.04 Å². The Labute approximate surface area is 89.5 Å². The predicted octanol–water partition coefficient (Wildman–Crippen LogP) is 3.58. The molecule has 0 radical (unpaired) electrons. The maximum atomic E-state index is 6.32. The van der Waals surface area contributed by atoms with Crippen molar-refractivity contribution in [3.8, 4) is 0 Å². The zero-order valence-electron chi connectivity index (χ0n) is 10.1. The average molecular weight is 197 g/mol. The third kappa shape index (κ3) is 2.98. The molecule has 0 bridgehead atoms. The molecular formula is C13H27N. The fourth-order valence-corrected chi connectivity index (χ4v) is 2.79. The molecule has 1 heteroatoms. The van der Waals surface area contributed by atoms with E-state index in [1.54, 1.807) is 0 Å². The van der Waals surface area contributed by atoms with Gasteiger partial charge in [0.15, 0.2) is 0 Å². The first kappa shape index (κ1) is 12.0. The summed E-state index contributed by atoms with van der Waals surface area (Å²) in [5.74, 6) is 2.48. The predicted molar refractivity (Wildman–Crippen MR) is 63.2 cm³/mol. The van der Waals surface area contributed by atoms with E-state index in [0.29, 0.717) is 12.0 Å². The van der Waals surface area contributed by atoms with Gasteiger partial charge < -0.3 is 5.73 Å². The molecule has 0 heterocycles. The van der Waals surface area contributed by atoms with Gasteiger partial charge >= 0.3 is 0 Å². The van der Waals surface area contributed by atoms with Gasteiger partial charge in [-0.05, 0) is 30.6 Å². The largest absolute Gasteiger partial charge is 0.327 e. The van der Waals surface area contributed by atoms with Crippen LogP contribution in [0.25, 0.3) is 0 Å². The van der Waals surface area contributed by atoms with Crippen LogP contribution < -0.4 is 5.73 Å². The van der Waals surface area contributed by atoms with Gasteiger partial charge in [0.05, 0.1) is 0 Å². The fraction of sp³-hybridized carbons (Fsp3) is 1.00. The van der Waals surface area contributed by atoms with E-state index < -0.39 is 0 Å². The molecule has 4 unspecified atom stereocenters. The van der Waals surface area contributed by atoms with Crippen molar-refractivity contribution < 1.29 is 0 Å². The van der Waals surface area contributed by atoms with Gasteiger partial charge in [-0.15, -0.1) is 0 Å². The van der Waals surface area contributed by atoms with E-state index in [4.69, 9.17) is 5.73 Å². The summed E-state index contributed by atoms with van der Waals surface area (Å²) in [4.78, 5) is 0. The van der Waals surface area contributed by atoms with E-state index in [-0.39, 0.29) is 0 Å². The Morgan fingerprint density at radius 1 is 1.29 bits per heavy atom. The van der Waals surface area contributed by atoms with E-state index in [1.165, 1.54) is 38.5 Å². The van der Waals surface area contributed by atoms with Crippen LogP contribution in [-0.2, 0) is 0 Å². The number of hydrogen-bond acceptors (Lipinski definition) is 1. The molecule has 1 fully saturated rings. The SMILES string of the molecule is CCC1CCCC(C(N)C(C)CC)C1. The molecule has 1 aliphatic carbocycles. The fourth-order valence-electron chi connectivity index (χ4n) is 2.79. The number of hydrogen-bond donors (Lipinski definition) is 1. The van der Waals surface area contributed by atoms with Gasteiger partial charge in [0.2, 0.25) is 0 Å². The molecule has 0 saturated heterocycles. The lowest BCUT2D eigenvalue weighted by molar-refractivity contribution is 0.197. The number of rotatable bonds is 4. The molecule has 0 aliphatic heterocycles. The van der Waals surface area contributed by atoms with Crippen molar-refractivity contribution in [1.29, 1.82) is 0 Å². The van der Waals surface area contributed by atoms with Crippen LogP contribution >= 0.6 is 0 Å². The van der Waals surface area contributed by atoms with Gasteiger partial charge in [-0.2, -0.15) is 0 Å². The van der Waals surface area contributed by atoms with Crippen LogP contribution in [0.3, 0.4) is 0 Å². The third-order valence-corrected chi connectivity index (χ3v) is 4.25. The second kappa shape index (κ2) is 5.75. The Balaban J connectivity index is 2.42. The lowest BCUT2D eigenvalue weighted by atomic mass is 9.74. The lowest BCUT2D eigenvalue weighted by Gasteiger charge is -2.35. The van der Waals surface area contributed by atoms with Gasteiger partial charge in [-0.25, -0.2) is 0 Å². The Bertz CT molecular complexity index is 153. The molecule has 1 saturated carbocycles. The van der Waals surface area contributed by atoms with E-state index in [0.717, 1.165) is 11.8 Å². The first-order valence-corrected chi connectivity index (χ1v) is 6.44. The molecular weight excluding hydrogens is 170 g/mol. The summed E-state index contributed by atoms with van der Waals surface area (Å²) in [6, 6.07) is 0.453. The molecule has 0 amide bonds. The summed E-state index contributed by atoms with van der Waals surface area (Å²) < 4.78 is 0. The Hall–Kier alpha value is -0.0400. The second-order valence-corrected chi connectivity index (χ2v) is 5.16. The van der Waals surface area contributed by atoms with E-state index >= 15 is 0 Å². The van der Waals surface area contributed by atoms with Gasteiger partial charge in [0.25, 0.3) is 0 Å².